The summed E-state index contributed by atoms with van der Waals surface area (Å²) < 4.78 is 0. The molecule has 4 heteroatoms. The van der Waals surface area contributed by atoms with Crippen molar-refractivity contribution in [2.24, 2.45) is 5.73 Å². The van der Waals surface area contributed by atoms with E-state index in [1.807, 2.05) is 12.1 Å². The predicted molar refractivity (Wildman–Crippen MR) is 52.2 cm³/mol. The highest BCUT2D eigenvalue weighted by Crippen LogP contribution is 2.12. The van der Waals surface area contributed by atoms with Gasteiger partial charge in [-0.2, -0.15) is 0 Å². The third-order valence-electron chi connectivity index (χ3n) is 2.46. The maximum atomic E-state index is 11.5. The number of nitrogens with two attached hydrogens (primary N) is 1. The summed E-state index contributed by atoms with van der Waals surface area (Å²) in [6.07, 6.45) is 4.23. The molecule has 0 aliphatic carbocycles. The average Bonchev–Trinajstić information content (AvgIpc) is 2.52. The highest BCUT2D eigenvalue weighted by Gasteiger charge is 2.27. The molecule has 1 aliphatic heterocycles. The van der Waals surface area contributed by atoms with E-state index >= 15 is 0 Å². The molecule has 0 saturated carbocycles. The smallest absolute Gasteiger partial charge is 0.239 e. The lowest BCUT2D eigenvalue weighted by atomic mass is 10.2. The van der Waals surface area contributed by atoms with E-state index in [4.69, 9.17) is 5.73 Å². The quantitative estimate of drug-likeness (QED) is 0.723. The van der Waals surface area contributed by atoms with Gasteiger partial charge in [-0.25, -0.2) is 0 Å². The maximum absolute atomic E-state index is 11.5. The van der Waals surface area contributed by atoms with Gasteiger partial charge in [0.2, 0.25) is 5.91 Å². The third-order valence-corrected chi connectivity index (χ3v) is 2.46. The molecule has 2 N–H and O–H groups in total. The molecular formula is C10H13N3O. The van der Waals surface area contributed by atoms with Gasteiger partial charge in [-0.15, -0.1) is 0 Å². The fraction of sp³-hybridized carbons (Fsp3) is 0.400. The first-order chi connectivity index (χ1) is 6.77. The Bertz CT molecular complexity index is 325. The van der Waals surface area contributed by atoms with Gasteiger partial charge in [0.05, 0.1) is 6.04 Å². The SMILES string of the molecule is N[C@H]1CCN(Cc2ccncc2)C1=O. The number of nitrogens with zero attached hydrogens (tertiary/aromatic N) is 2. The van der Waals surface area contributed by atoms with Crippen LogP contribution >= 0.6 is 0 Å². The average molecular weight is 191 g/mol. The molecule has 1 amide bonds. The van der Waals surface area contributed by atoms with Crippen LogP contribution in [0.5, 0.6) is 0 Å². The van der Waals surface area contributed by atoms with E-state index in [2.05, 4.69) is 4.98 Å². The molecule has 2 rings (SSSR count). The molecule has 2 heterocycles. The Kier molecular flexibility index (Phi) is 2.45. The number of amides is 1. The van der Waals surface area contributed by atoms with Crippen LogP contribution < -0.4 is 5.73 Å². The summed E-state index contributed by atoms with van der Waals surface area (Å²) in [4.78, 5) is 17.2. The van der Waals surface area contributed by atoms with Gasteiger partial charge in [-0.3, -0.25) is 9.78 Å². The second kappa shape index (κ2) is 3.75. The highest BCUT2D eigenvalue weighted by atomic mass is 16.2. The summed E-state index contributed by atoms with van der Waals surface area (Å²) >= 11 is 0. The van der Waals surface area contributed by atoms with Crippen LogP contribution in [0.2, 0.25) is 0 Å². The number of aromatic nitrogens is 1. The van der Waals surface area contributed by atoms with Crippen molar-refractivity contribution in [2.75, 3.05) is 6.54 Å². The summed E-state index contributed by atoms with van der Waals surface area (Å²) in [5, 5.41) is 0. The van der Waals surface area contributed by atoms with Crippen LogP contribution in [0.1, 0.15) is 12.0 Å². The monoisotopic (exact) mass is 191 g/mol. The van der Waals surface area contributed by atoms with Crippen molar-refractivity contribution in [1.82, 2.24) is 9.88 Å². The third kappa shape index (κ3) is 1.75. The summed E-state index contributed by atoms with van der Waals surface area (Å²) in [6, 6.07) is 3.53. The largest absolute Gasteiger partial charge is 0.337 e. The van der Waals surface area contributed by atoms with Crippen LogP contribution in [0.25, 0.3) is 0 Å². The van der Waals surface area contributed by atoms with Crippen LogP contribution in [-0.2, 0) is 11.3 Å². The summed E-state index contributed by atoms with van der Waals surface area (Å²) in [7, 11) is 0. The molecule has 74 valence electrons. The second-order valence-electron chi connectivity index (χ2n) is 3.51. The summed E-state index contributed by atoms with van der Waals surface area (Å²) in [5.41, 5.74) is 6.72. The lowest BCUT2D eigenvalue weighted by Crippen LogP contribution is -2.33. The van der Waals surface area contributed by atoms with Gasteiger partial charge in [0, 0.05) is 25.5 Å². The zero-order valence-electron chi connectivity index (χ0n) is 7.89. The molecular weight excluding hydrogens is 178 g/mol. The highest BCUT2D eigenvalue weighted by molar-refractivity contribution is 5.83. The minimum absolute atomic E-state index is 0.0572. The van der Waals surface area contributed by atoms with Gasteiger partial charge < -0.3 is 10.6 Å². The number of rotatable bonds is 2. The van der Waals surface area contributed by atoms with Crippen LogP contribution in [0.4, 0.5) is 0 Å². The molecule has 0 aromatic carbocycles. The topological polar surface area (TPSA) is 59.2 Å². The Morgan fingerprint density at radius 3 is 2.79 bits per heavy atom. The summed E-state index contributed by atoms with van der Waals surface area (Å²) in [6.45, 7) is 1.41. The minimum Gasteiger partial charge on any atom is -0.337 e. The van der Waals surface area contributed by atoms with E-state index < -0.39 is 0 Å². The van der Waals surface area contributed by atoms with Crippen LogP contribution in [0.3, 0.4) is 0 Å². The lowest BCUT2D eigenvalue weighted by Gasteiger charge is -2.15. The van der Waals surface area contributed by atoms with Crippen molar-refractivity contribution in [2.45, 2.75) is 19.0 Å². The van der Waals surface area contributed by atoms with Gasteiger partial charge in [0.1, 0.15) is 0 Å². The van der Waals surface area contributed by atoms with E-state index in [-0.39, 0.29) is 11.9 Å². The van der Waals surface area contributed by atoms with E-state index in [1.165, 1.54) is 0 Å². The Morgan fingerprint density at radius 2 is 2.21 bits per heavy atom. The van der Waals surface area contributed by atoms with Crippen LogP contribution in [0.15, 0.2) is 24.5 Å². The predicted octanol–water partition coefficient (Wildman–Crippen LogP) is 0.141. The normalized spacial score (nSPS) is 21.6. The molecule has 1 atom stereocenters. The van der Waals surface area contributed by atoms with Crippen molar-refractivity contribution < 1.29 is 4.79 Å². The zero-order chi connectivity index (χ0) is 9.97. The Morgan fingerprint density at radius 1 is 1.50 bits per heavy atom. The maximum Gasteiger partial charge on any atom is 0.239 e. The van der Waals surface area contributed by atoms with E-state index in [1.54, 1.807) is 17.3 Å². The number of pyridine rings is 1. The van der Waals surface area contributed by atoms with Gasteiger partial charge in [-0.05, 0) is 24.1 Å². The number of hydrogen-bond acceptors (Lipinski definition) is 3. The van der Waals surface area contributed by atoms with E-state index in [0.717, 1.165) is 18.5 Å². The van der Waals surface area contributed by atoms with Gasteiger partial charge in [-0.1, -0.05) is 0 Å². The van der Waals surface area contributed by atoms with Gasteiger partial charge >= 0.3 is 0 Å². The first-order valence-corrected chi connectivity index (χ1v) is 4.70. The van der Waals surface area contributed by atoms with Crippen molar-refractivity contribution in [3.63, 3.8) is 0 Å². The van der Waals surface area contributed by atoms with E-state index in [9.17, 15) is 4.79 Å². The second-order valence-corrected chi connectivity index (χ2v) is 3.51. The van der Waals surface area contributed by atoms with Crippen molar-refractivity contribution in [3.8, 4) is 0 Å². The Balaban J connectivity index is 2.02. The van der Waals surface area contributed by atoms with Crippen LogP contribution in [-0.4, -0.2) is 28.4 Å². The molecule has 0 radical (unpaired) electrons. The molecule has 1 aromatic rings. The summed E-state index contributed by atoms with van der Waals surface area (Å²) in [5.74, 6) is 0.0572. The lowest BCUT2D eigenvalue weighted by molar-refractivity contribution is -0.129. The van der Waals surface area contributed by atoms with Crippen molar-refractivity contribution in [3.05, 3.63) is 30.1 Å². The number of hydrogen-bond donors (Lipinski definition) is 1. The Labute approximate surface area is 82.7 Å². The molecule has 0 unspecified atom stereocenters. The van der Waals surface area contributed by atoms with E-state index in [0.29, 0.717) is 6.54 Å². The van der Waals surface area contributed by atoms with Crippen LogP contribution in [0, 0.1) is 0 Å². The molecule has 4 nitrogen and oxygen atoms in total. The van der Waals surface area contributed by atoms with Crippen molar-refractivity contribution >= 4 is 5.91 Å². The minimum atomic E-state index is -0.295. The first-order valence-electron chi connectivity index (χ1n) is 4.70. The fourth-order valence-electron chi connectivity index (χ4n) is 1.63. The molecule has 14 heavy (non-hydrogen) atoms. The zero-order valence-corrected chi connectivity index (χ0v) is 7.89. The molecule has 0 bridgehead atoms. The molecule has 1 fully saturated rings. The Hall–Kier alpha value is -1.42. The van der Waals surface area contributed by atoms with Crippen molar-refractivity contribution in [1.29, 1.82) is 0 Å². The molecule has 1 saturated heterocycles. The van der Waals surface area contributed by atoms with Gasteiger partial charge in [0.15, 0.2) is 0 Å². The number of likely N-dealkylation sites (tertiary alicyclic amines) is 1. The number of carbonyl (C=O) groups is 1. The fourth-order valence-corrected chi connectivity index (χ4v) is 1.63. The standard InChI is InChI=1S/C10H13N3O/c11-9-3-6-13(10(9)14)7-8-1-4-12-5-2-8/h1-2,4-5,9H,3,6-7,11H2/t9-/m0/s1. The number of carbonyl (C=O) groups excluding carboxylic acids is 1. The molecule has 1 aliphatic rings. The molecule has 1 aromatic heterocycles. The van der Waals surface area contributed by atoms with Gasteiger partial charge in [0.25, 0.3) is 0 Å². The first kappa shape index (κ1) is 9.15. The molecule has 0 spiro atoms.